The summed E-state index contributed by atoms with van der Waals surface area (Å²) in [5, 5.41) is 5.24. The van der Waals surface area contributed by atoms with Gasteiger partial charge in [-0.25, -0.2) is 18.5 Å². The number of sulfonamides is 1. The fourth-order valence-electron chi connectivity index (χ4n) is 2.00. The summed E-state index contributed by atoms with van der Waals surface area (Å²) in [5.74, 6) is -0.167. The van der Waals surface area contributed by atoms with Crippen molar-refractivity contribution >= 4 is 27.3 Å². The summed E-state index contributed by atoms with van der Waals surface area (Å²) in [4.78, 5) is 18.6. The van der Waals surface area contributed by atoms with E-state index in [1.54, 1.807) is 0 Å². The maximum absolute atomic E-state index is 11.7. The molecule has 1 aliphatic heterocycles. The Balaban J connectivity index is 2.12. The molecule has 2 N–H and O–H groups in total. The van der Waals surface area contributed by atoms with Crippen LogP contribution in [0.1, 0.15) is 22.0 Å². The fourth-order valence-corrected chi connectivity index (χ4v) is 3.72. The maximum atomic E-state index is 11.7. The number of primary sulfonamides is 1. The summed E-state index contributed by atoms with van der Waals surface area (Å²) in [6, 6.07) is 0. The van der Waals surface area contributed by atoms with E-state index in [2.05, 4.69) is 4.98 Å². The van der Waals surface area contributed by atoms with Crippen LogP contribution in [0.5, 0.6) is 0 Å². The van der Waals surface area contributed by atoms with Crippen molar-refractivity contribution in [2.24, 2.45) is 5.14 Å². The van der Waals surface area contributed by atoms with E-state index in [-0.39, 0.29) is 18.9 Å². The van der Waals surface area contributed by atoms with E-state index in [9.17, 15) is 13.2 Å². The summed E-state index contributed by atoms with van der Waals surface area (Å²) >= 11 is 1.53. The van der Waals surface area contributed by atoms with Crippen molar-refractivity contribution in [3.05, 3.63) is 15.6 Å². The third kappa shape index (κ3) is 2.70. The van der Waals surface area contributed by atoms with E-state index in [0.717, 1.165) is 15.6 Å². The molecular weight excluding hydrogens is 274 g/mol. The number of nitrogens with zero attached hydrogens (tertiary/aromatic N) is 2. The van der Waals surface area contributed by atoms with E-state index < -0.39 is 15.3 Å². The van der Waals surface area contributed by atoms with Gasteiger partial charge in [0, 0.05) is 17.8 Å². The molecule has 0 aromatic carbocycles. The summed E-state index contributed by atoms with van der Waals surface area (Å²) in [5.41, 5.74) is 0.893. The molecule has 1 saturated heterocycles. The molecule has 2 rings (SSSR count). The number of likely N-dealkylation sites (tertiary alicyclic amines) is 1. The van der Waals surface area contributed by atoms with Crippen molar-refractivity contribution < 1.29 is 13.2 Å². The number of carbonyl (C=O) groups excluding carboxylic acids is 1. The monoisotopic (exact) mass is 289 g/mol. The van der Waals surface area contributed by atoms with Crippen molar-refractivity contribution in [2.75, 3.05) is 6.54 Å². The molecule has 0 spiro atoms. The Morgan fingerprint density at radius 2 is 2.17 bits per heavy atom. The Morgan fingerprint density at radius 1 is 1.50 bits per heavy atom. The van der Waals surface area contributed by atoms with E-state index in [1.807, 2.05) is 13.8 Å². The van der Waals surface area contributed by atoms with Gasteiger partial charge in [-0.05, 0) is 13.8 Å². The lowest BCUT2D eigenvalue weighted by Gasteiger charge is -2.15. The van der Waals surface area contributed by atoms with Gasteiger partial charge in [-0.3, -0.25) is 4.79 Å². The molecule has 1 atom stereocenters. The molecule has 0 aliphatic carbocycles. The number of hydrogen-bond donors (Lipinski definition) is 1. The molecule has 1 aliphatic rings. The minimum atomic E-state index is -3.64. The van der Waals surface area contributed by atoms with Crippen LogP contribution in [0.4, 0.5) is 0 Å². The second-order valence-corrected chi connectivity index (χ2v) is 7.56. The largest absolute Gasteiger partial charge is 0.336 e. The number of aromatic nitrogens is 1. The highest BCUT2D eigenvalue weighted by Gasteiger charge is 2.36. The van der Waals surface area contributed by atoms with Gasteiger partial charge in [0.2, 0.25) is 15.9 Å². The quantitative estimate of drug-likeness (QED) is 0.857. The molecule has 100 valence electrons. The van der Waals surface area contributed by atoms with Gasteiger partial charge >= 0.3 is 0 Å². The maximum Gasteiger partial charge on any atom is 0.224 e. The van der Waals surface area contributed by atoms with Crippen LogP contribution >= 0.6 is 11.3 Å². The summed E-state index contributed by atoms with van der Waals surface area (Å²) < 4.78 is 22.5. The third-order valence-electron chi connectivity index (χ3n) is 2.98. The van der Waals surface area contributed by atoms with E-state index in [1.165, 1.54) is 16.2 Å². The number of aryl methyl sites for hydroxylation is 2. The van der Waals surface area contributed by atoms with Gasteiger partial charge in [0.05, 0.1) is 17.2 Å². The first-order valence-electron chi connectivity index (χ1n) is 5.49. The molecule has 8 heteroatoms. The Kier molecular flexibility index (Phi) is 3.43. The van der Waals surface area contributed by atoms with Crippen LogP contribution < -0.4 is 5.14 Å². The second-order valence-electron chi connectivity index (χ2n) is 4.43. The summed E-state index contributed by atoms with van der Waals surface area (Å²) in [7, 11) is -3.64. The van der Waals surface area contributed by atoms with Crippen LogP contribution in [-0.2, 0) is 21.4 Å². The van der Waals surface area contributed by atoms with Crippen LogP contribution in [0.15, 0.2) is 0 Å². The predicted octanol–water partition coefficient (Wildman–Crippen LogP) is 0.149. The van der Waals surface area contributed by atoms with Gasteiger partial charge in [0.15, 0.2) is 0 Å². The van der Waals surface area contributed by atoms with Crippen molar-refractivity contribution in [1.82, 2.24) is 9.88 Å². The van der Waals surface area contributed by atoms with Crippen LogP contribution in [0.2, 0.25) is 0 Å². The average Bonchev–Trinajstić information content (AvgIpc) is 2.72. The Morgan fingerprint density at radius 3 is 2.61 bits per heavy atom. The number of amides is 1. The van der Waals surface area contributed by atoms with Crippen LogP contribution in [0.3, 0.4) is 0 Å². The molecule has 1 unspecified atom stereocenters. The standard InChI is InChI=1S/C10H15N3O3S2/c1-6-9(17-7(2)12-6)5-13-4-8(3-10(13)14)18(11,15)16/h8H,3-5H2,1-2H3,(H2,11,15,16). The van der Waals surface area contributed by atoms with Gasteiger partial charge in [-0.15, -0.1) is 11.3 Å². The predicted molar refractivity (Wildman–Crippen MR) is 68.5 cm³/mol. The Hall–Kier alpha value is -0.990. The number of thiazole rings is 1. The van der Waals surface area contributed by atoms with Gasteiger partial charge in [0.1, 0.15) is 5.25 Å². The molecule has 0 saturated carbocycles. The normalized spacial score (nSPS) is 20.7. The van der Waals surface area contributed by atoms with E-state index in [0.29, 0.717) is 6.54 Å². The van der Waals surface area contributed by atoms with Crippen LogP contribution in [0, 0.1) is 13.8 Å². The Bertz CT molecular complexity index is 579. The van der Waals surface area contributed by atoms with Crippen molar-refractivity contribution in [1.29, 1.82) is 0 Å². The zero-order chi connectivity index (χ0) is 13.5. The van der Waals surface area contributed by atoms with Crippen molar-refractivity contribution in [3.8, 4) is 0 Å². The minimum absolute atomic E-state index is 0.0182. The topological polar surface area (TPSA) is 93.4 Å². The van der Waals surface area contributed by atoms with Gasteiger partial charge in [-0.2, -0.15) is 0 Å². The Labute approximate surface area is 110 Å². The highest BCUT2D eigenvalue weighted by Crippen LogP contribution is 2.23. The van der Waals surface area contributed by atoms with Gasteiger partial charge in [-0.1, -0.05) is 0 Å². The lowest BCUT2D eigenvalue weighted by atomic mass is 10.3. The first-order chi connectivity index (χ1) is 8.27. The van der Waals surface area contributed by atoms with Crippen LogP contribution in [-0.4, -0.2) is 36.0 Å². The van der Waals surface area contributed by atoms with E-state index in [4.69, 9.17) is 5.14 Å². The zero-order valence-corrected chi connectivity index (χ0v) is 11.8. The first kappa shape index (κ1) is 13.4. The third-order valence-corrected chi connectivity index (χ3v) is 5.28. The fraction of sp³-hybridized carbons (Fsp3) is 0.600. The van der Waals surface area contributed by atoms with Gasteiger partial charge < -0.3 is 4.90 Å². The molecule has 6 nitrogen and oxygen atoms in total. The molecule has 1 aromatic heterocycles. The van der Waals surface area contributed by atoms with Gasteiger partial charge in [0.25, 0.3) is 0 Å². The van der Waals surface area contributed by atoms with Crippen molar-refractivity contribution in [3.63, 3.8) is 0 Å². The average molecular weight is 289 g/mol. The first-order valence-corrected chi connectivity index (χ1v) is 7.92. The highest BCUT2D eigenvalue weighted by atomic mass is 32.2. The van der Waals surface area contributed by atoms with E-state index >= 15 is 0 Å². The minimum Gasteiger partial charge on any atom is -0.336 e. The lowest BCUT2D eigenvalue weighted by molar-refractivity contribution is -0.128. The number of nitrogens with two attached hydrogens (primary N) is 1. The molecule has 0 radical (unpaired) electrons. The second kappa shape index (κ2) is 4.60. The molecule has 1 fully saturated rings. The molecule has 1 amide bonds. The molecule has 1 aromatic rings. The number of carbonyl (C=O) groups is 1. The molecule has 18 heavy (non-hydrogen) atoms. The smallest absolute Gasteiger partial charge is 0.224 e. The number of hydrogen-bond acceptors (Lipinski definition) is 5. The molecular formula is C10H15N3O3S2. The summed E-state index contributed by atoms with van der Waals surface area (Å²) in [6.07, 6.45) is -0.0182. The molecule has 2 heterocycles. The number of rotatable bonds is 3. The SMILES string of the molecule is Cc1nc(C)c(CN2CC(S(N)(=O)=O)CC2=O)s1. The van der Waals surface area contributed by atoms with Crippen molar-refractivity contribution in [2.45, 2.75) is 32.1 Å². The summed E-state index contributed by atoms with van der Waals surface area (Å²) in [6.45, 7) is 4.38. The van der Waals surface area contributed by atoms with Crippen LogP contribution in [0.25, 0.3) is 0 Å². The highest BCUT2D eigenvalue weighted by molar-refractivity contribution is 7.89. The molecule has 0 bridgehead atoms. The lowest BCUT2D eigenvalue weighted by Crippen LogP contribution is -2.31. The zero-order valence-electron chi connectivity index (χ0n) is 10.2.